The third-order valence-electron chi connectivity index (χ3n) is 2.00. The number of amides is 1. The van der Waals surface area contributed by atoms with Gasteiger partial charge >= 0.3 is 0 Å². The SMILES string of the molecule is CC[C@@H](C)S(=O)(=O)NC(=O)c1cscn1. The fourth-order valence-corrected chi connectivity index (χ4v) is 2.36. The molecule has 0 fully saturated rings. The van der Waals surface area contributed by atoms with Crippen LogP contribution in [0.25, 0.3) is 0 Å². The first kappa shape index (κ1) is 12.1. The van der Waals surface area contributed by atoms with Crippen LogP contribution in [0.2, 0.25) is 0 Å². The van der Waals surface area contributed by atoms with Gasteiger partial charge in [-0.25, -0.2) is 18.1 Å². The summed E-state index contributed by atoms with van der Waals surface area (Å²) in [5, 5.41) is 0.918. The number of carbonyl (C=O) groups is 1. The van der Waals surface area contributed by atoms with Gasteiger partial charge < -0.3 is 0 Å². The maximum atomic E-state index is 11.5. The molecule has 0 spiro atoms. The minimum absolute atomic E-state index is 0.131. The lowest BCUT2D eigenvalue weighted by atomic mass is 10.4. The number of aromatic nitrogens is 1. The number of thiazole rings is 1. The zero-order valence-electron chi connectivity index (χ0n) is 8.43. The summed E-state index contributed by atoms with van der Waals surface area (Å²) in [6, 6.07) is 0. The molecule has 1 amide bonds. The van der Waals surface area contributed by atoms with Gasteiger partial charge in [-0.1, -0.05) is 6.92 Å². The van der Waals surface area contributed by atoms with Crippen LogP contribution in [0.4, 0.5) is 0 Å². The summed E-state index contributed by atoms with van der Waals surface area (Å²) in [6.45, 7) is 3.30. The van der Waals surface area contributed by atoms with Crippen molar-refractivity contribution in [2.45, 2.75) is 25.5 Å². The van der Waals surface area contributed by atoms with Crippen molar-refractivity contribution >= 4 is 27.3 Å². The molecule has 1 aromatic rings. The maximum Gasteiger partial charge on any atom is 0.284 e. The molecule has 1 rings (SSSR count). The van der Waals surface area contributed by atoms with E-state index in [9.17, 15) is 13.2 Å². The molecule has 1 N–H and O–H groups in total. The normalized spacial score (nSPS) is 13.5. The minimum Gasteiger partial charge on any atom is -0.266 e. The summed E-state index contributed by atoms with van der Waals surface area (Å²) < 4.78 is 25.0. The van der Waals surface area contributed by atoms with Crippen molar-refractivity contribution in [1.82, 2.24) is 9.71 Å². The Morgan fingerprint density at radius 1 is 1.67 bits per heavy atom. The molecule has 5 nitrogen and oxygen atoms in total. The van der Waals surface area contributed by atoms with E-state index in [-0.39, 0.29) is 5.69 Å². The molecule has 1 atom stereocenters. The Kier molecular flexibility index (Phi) is 3.81. The molecule has 7 heteroatoms. The minimum atomic E-state index is -3.57. The Hall–Kier alpha value is -0.950. The summed E-state index contributed by atoms with van der Waals surface area (Å²) in [5.74, 6) is -0.670. The van der Waals surface area contributed by atoms with Gasteiger partial charge in [-0.15, -0.1) is 11.3 Å². The Balaban J connectivity index is 2.75. The van der Waals surface area contributed by atoms with E-state index in [2.05, 4.69) is 4.98 Å². The maximum absolute atomic E-state index is 11.5. The van der Waals surface area contributed by atoms with Crippen LogP contribution in [0.5, 0.6) is 0 Å². The molecule has 1 heterocycles. The molecule has 0 aromatic carbocycles. The second-order valence-electron chi connectivity index (χ2n) is 3.07. The van der Waals surface area contributed by atoms with Crippen LogP contribution in [0.15, 0.2) is 10.9 Å². The Morgan fingerprint density at radius 3 is 2.80 bits per heavy atom. The molecule has 1 aromatic heterocycles. The molecule has 0 unspecified atom stereocenters. The van der Waals surface area contributed by atoms with Gasteiger partial charge in [-0.3, -0.25) is 4.79 Å². The lowest BCUT2D eigenvalue weighted by Crippen LogP contribution is -2.36. The average Bonchev–Trinajstić information content (AvgIpc) is 2.68. The van der Waals surface area contributed by atoms with Crippen LogP contribution in [-0.2, 0) is 10.0 Å². The third kappa shape index (κ3) is 3.00. The lowest BCUT2D eigenvalue weighted by molar-refractivity contribution is 0.0977. The number of hydrogen-bond donors (Lipinski definition) is 1. The van der Waals surface area contributed by atoms with Crippen LogP contribution in [0.1, 0.15) is 30.8 Å². The zero-order chi connectivity index (χ0) is 11.5. The number of sulfonamides is 1. The second kappa shape index (κ2) is 4.71. The van der Waals surface area contributed by atoms with Crippen molar-refractivity contribution in [3.8, 4) is 0 Å². The van der Waals surface area contributed by atoms with Gasteiger partial charge in [0.05, 0.1) is 10.8 Å². The van der Waals surface area contributed by atoms with Gasteiger partial charge in [-0.05, 0) is 13.3 Å². The summed E-state index contributed by atoms with van der Waals surface area (Å²) in [7, 11) is -3.57. The molecule has 0 saturated carbocycles. The molecular formula is C8H12N2O3S2. The summed E-state index contributed by atoms with van der Waals surface area (Å²) >= 11 is 1.24. The van der Waals surface area contributed by atoms with Gasteiger partial charge in [-0.2, -0.15) is 0 Å². The fraction of sp³-hybridized carbons (Fsp3) is 0.500. The summed E-state index contributed by atoms with van der Waals surface area (Å²) in [5.41, 5.74) is 1.61. The Morgan fingerprint density at radius 2 is 2.33 bits per heavy atom. The van der Waals surface area contributed by atoms with Crippen molar-refractivity contribution in [3.63, 3.8) is 0 Å². The van der Waals surface area contributed by atoms with Gasteiger partial charge in [0.1, 0.15) is 5.69 Å². The Bertz CT molecular complexity index is 425. The predicted molar refractivity (Wildman–Crippen MR) is 58.3 cm³/mol. The topological polar surface area (TPSA) is 76.1 Å². The highest BCUT2D eigenvalue weighted by atomic mass is 32.2. The number of rotatable bonds is 4. The zero-order valence-corrected chi connectivity index (χ0v) is 10.1. The first-order valence-corrected chi connectivity index (χ1v) is 6.90. The molecule has 0 aliphatic rings. The van der Waals surface area contributed by atoms with Crippen LogP contribution >= 0.6 is 11.3 Å². The van der Waals surface area contributed by atoms with Crippen molar-refractivity contribution in [3.05, 3.63) is 16.6 Å². The summed E-state index contributed by atoms with van der Waals surface area (Å²) in [4.78, 5) is 15.1. The first-order chi connectivity index (χ1) is 6.97. The van der Waals surface area contributed by atoms with E-state index in [1.54, 1.807) is 13.8 Å². The first-order valence-electron chi connectivity index (χ1n) is 4.41. The molecule has 84 valence electrons. The van der Waals surface area contributed by atoms with Gasteiger partial charge in [0.2, 0.25) is 10.0 Å². The van der Waals surface area contributed by atoms with Gasteiger partial charge in [0, 0.05) is 5.38 Å². The smallest absolute Gasteiger partial charge is 0.266 e. The largest absolute Gasteiger partial charge is 0.284 e. The second-order valence-corrected chi connectivity index (χ2v) is 5.89. The van der Waals surface area contributed by atoms with E-state index in [0.717, 1.165) is 0 Å². The molecule has 0 bridgehead atoms. The summed E-state index contributed by atoms with van der Waals surface area (Å²) in [6.07, 6.45) is 0.458. The van der Waals surface area contributed by atoms with Crippen LogP contribution < -0.4 is 4.72 Å². The highest BCUT2D eigenvalue weighted by Crippen LogP contribution is 2.05. The quantitative estimate of drug-likeness (QED) is 0.862. The molecule has 0 saturated heterocycles. The molecule has 0 radical (unpaired) electrons. The number of nitrogens with zero attached hydrogens (tertiary/aromatic N) is 1. The van der Waals surface area contributed by atoms with E-state index in [0.29, 0.717) is 6.42 Å². The van der Waals surface area contributed by atoms with Crippen LogP contribution in [-0.4, -0.2) is 24.6 Å². The van der Waals surface area contributed by atoms with Gasteiger partial charge in [0.15, 0.2) is 0 Å². The highest BCUT2D eigenvalue weighted by Gasteiger charge is 2.22. The van der Waals surface area contributed by atoms with Crippen LogP contribution in [0, 0.1) is 0 Å². The van der Waals surface area contributed by atoms with E-state index in [4.69, 9.17) is 0 Å². The van der Waals surface area contributed by atoms with Gasteiger partial charge in [0.25, 0.3) is 5.91 Å². The number of carbonyl (C=O) groups excluding carboxylic acids is 1. The van der Waals surface area contributed by atoms with E-state index >= 15 is 0 Å². The standard InChI is InChI=1S/C8H12N2O3S2/c1-3-6(2)15(12,13)10-8(11)7-4-14-5-9-7/h4-6H,3H2,1-2H3,(H,10,11)/t6-/m1/s1. The third-order valence-corrected chi connectivity index (χ3v) is 4.45. The lowest BCUT2D eigenvalue weighted by Gasteiger charge is -2.10. The van der Waals surface area contributed by atoms with Crippen molar-refractivity contribution < 1.29 is 13.2 Å². The van der Waals surface area contributed by atoms with Crippen molar-refractivity contribution in [1.29, 1.82) is 0 Å². The van der Waals surface area contributed by atoms with Crippen LogP contribution in [0.3, 0.4) is 0 Å². The van der Waals surface area contributed by atoms with E-state index < -0.39 is 21.2 Å². The Labute approximate surface area is 92.6 Å². The van der Waals surface area contributed by atoms with E-state index in [1.807, 2.05) is 4.72 Å². The average molecular weight is 248 g/mol. The van der Waals surface area contributed by atoms with Crippen molar-refractivity contribution in [2.75, 3.05) is 0 Å². The fourth-order valence-electron chi connectivity index (χ4n) is 0.826. The molecule has 15 heavy (non-hydrogen) atoms. The highest BCUT2D eigenvalue weighted by molar-refractivity contribution is 7.90. The molecular weight excluding hydrogens is 236 g/mol. The van der Waals surface area contributed by atoms with E-state index in [1.165, 1.54) is 22.2 Å². The predicted octanol–water partition coefficient (Wildman–Crippen LogP) is 1.00. The van der Waals surface area contributed by atoms with Crippen molar-refractivity contribution in [2.24, 2.45) is 0 Å². The monoisotopic (exact) mass is 248 g/mol. The number of hydrogen-bond acceptors (Lipinski definition) is 5. The molecule has 0 aliphatic carbocycles. The molecule has 0 aliphatic heterocycles. The number of nitrogens with one attached hydrogen (secondary N) is 1.